The summed E-state index contributed by atoms with van der Waals surface area (Å²) in [5, 5.41) is 9.09. The van der Waals surface area contributed by atoms with Crippen molar-refractivity contribution in [1.29, 1.82) is 5.26 Å². The van der Waals surface area contributed by atoms with E-state index in [1.807, 2.05) is 55.5 Å². The third kappa shape index (κ3) is 3.02. The second kappa shape index (κ2) is 5.88. The maximum Gasteiger partial charge on any atom is 0.126 e. The van der Waals surface area contributed by atoms with E-state index in [9.17, 15) is 0 Å². The van der Waals surface area contributed by atoms with Crippen molar-refractivity contribution in [2.45, 2.75) is 6.92 Å². The highest BCUT2D eigenvalue weighted by Gasteiger charge is 2.04. The molecule has 2 rings (SSSR count). The summed E-state index contributed by atoms with van der Waals surface area (Å²) in [5.74, 6) is 0.753. The van der Waals surface area contributed by atoms with Gasteiger partial charge in [-0.15, -0.1) is 0 Å². The first kappa shape index (κ1) is 12.9. The Kier molecular flexibility index (Phi) is 4.00. The van der Waals surface area contributed by atoms with Crippen molar-refractivity contribution in [2.24, 2.45) is 0 Å². The molecular formula is C17H15NO. The van der Waals surface area contributed by atoms with Crippen molar-refractivity contribution in [2.75, 3.05) is 7.11 Å². The lowest BCUT2D eigenvalue weighted by Gasteiger charge is -2.07. The molecular weight excluding hydrogens is 234 g/mol. The maximum absolute atomic E-state index is 9.09. The van der Waals surface area contributed by atoms with Crippen LogP contribution in [0, 0.1) is 18.3 Å². The lowest BCUT2D eigenvalue weighted by atomic mass is 10.0. The average Bonchev–Trinajstić information content (AvgIpc) is 2.46. The summed E-state index contributed by atoms with van der Waals surface area (Å²) in [5.41, 5.74) is 3.71. The Morgan fingerprint density at radius 1 is 1.11 bits per heavy atom. The summed E-state index contributed by atoms with van der Waals surface area (Å²) < 4.78 is 5.43. The number of nitrogens with zero attached hydrogens (tertiary/aromatic N) is 1. The minimum absolute atomic E-state index is 0.643. The Labute approximate surface area is 113 Å². The van der Waals surface area contributed by atoms with E-state index in [1.54, 1.807) is 13.2 Å². The van der Waals surface area contributed by atoms with Gasteiger partial charge in [-0.1, -0.05) is 48.0 Å². The van der Waals surface area contributed by atoms with Crippen molar-refractivity contribution < 1.29 is 4.74 Å². The molecule has 2 aromatic rings. The zero-order valence-electron chi connectivity index (χ0n) is 11.1. The second-order valence-electron chi connectivity index (χ2n) is 4.28. The molecule has 0 saturated carbocycles. The molecule has 2 heteroatoms. The van der Waals surface area contributed by atoms with E-state index in [1.165, 1.54) is 5.56 Å². The highest BCUT2D eigenvalue weighted by Crippen LogP contribution is 2.21. The van der Waals surface area contributed by atoms with Crippen LogP contribution in [0.25, 0.3) is 11.8 Å². The molecule has 0 spiro atoms. The van der Waals surface area contributed by atoms with Crippen LogP contribution in [0.2, 0.25) is 0 Å². The SMILES string of the molecule is CO/C(=C/c1ccccc1C#N)c1ccc(C)cc1. The van der Waals surface area contributed by atoms with E-state index in [-0.39, 0.29) is 0 Å². The monoisotopic (exact) mass is 249 g/mol. The van der Waals surface area contributed by atoms with Gasteiger partial charge in [0.25, 0.3) is 0 Å². The number of benzene rings is 2. The number of rotatable bonds is 3. The molecule has 94 valence electrons. The van der Waals surface area contributed by atoms with E-state index in [0.29, 0.717) is 5.56 Å². The number of methoxy groups -OCH3 is 1. The molecule has 0 radical (unpaired) electrons. The van der Waals surface area contributed by atoms with Crippen molar-refractivity contribution in [3.8, 4) is 6.07 Å². The van der Waals surface area contributed by atoms with Gasteiger partial charge in [0.05, 0.1) is 18.7 Å². The first-order chi connectivity index (χ1) is 9.24. The quantitative estimate of drug-likeness (QED) is 0.608. The summed E-state index contributed by atoms with van der Waals surface area (Å²) >= 11 is 0. The predicted molar refractivity (Wildman–Crippen MR) is 77.2 cm³/mol. The molecule has 0 aliphatic rings. The summed E-state index contributed by atoms with van der Waals surface area (Å²) in [6, 6.07) is 17.8. The van der Waals surface area contributed by atoms with Gasteiger partial charge in [-0.3, -0.25) is 0 Å². The molecule has 0 saturated heterocycles. The van der Waals surface area contributed by atoms with E-state index in [2.05, 4.69) is 6.07 Å². The predicted octanol–water partition coefficient (Wildman–Crippen LogP) is 4.01. The van der Waals surface area contributed by atoms with Gasteiger partial charge >= 0.3 is 0 Å². The molecule has 0 aromatic heterocycles. The molecule has 0 N–H and O–H groups in total. The summed E-state index contributed by atoms with van der Waals surface area (Å²) in [7, 11) is 1.64. The number of aryl methyl sites for hydroxylation is 1. The lowest BCUT2D eigenvalue weighted by molar-refractivity contribution is 0.372. The van der Waals surface area contributed by atoms with Gasteiger partial charge in [-0.2, -0.15) is 5.26 Å². The Morgan fingerprint density at radius 2 is 1.79 bits per heavy atom. The minimum Gasteiger partial charge on any atom is -0.496 e. The molecule has 2 aromatic carbocycles. The van der Waals surface area contributed by atoms with E-state index < -0.39 is 0 Å². The highest BCUT2D eigenvalue weighted by molar-refractivity contribution is 5.79. The van der Waals surface area contributed by atoms with Gasteiger partial charge in [0.1, 0.15) is 5.76 Å². The van der Waals surface area contributed by atoms with Crippen molar-refractivity contribution in [3.05, 3.63) is 70.8 Å². The Balaban J connectivity index is 2.44. The van der Waals surface area contributed by atoms with Crippen molar-refractivity contribution in [3.63, 3.8) is 0 Å². The van der Waals surface area contributed by atoms with Crippen LogP contribution in [-0.4, -0.2) is 7.11 Å². The first-order valence-electron chi connectivity index (χ1n) is 6.06. The summed E-state index contributed by atoms with van der Waals surface area (Å²) in [4.78, 5) is 0. The average molecular weight is 249 g/mol. The van der Waals surface area contributed by atoms with E-state index in [0.717, 1.165) is 16.9 Å². The Bertz CT molecular complexity index is 633. The van der Waals surface area contributed by atoms with Crippen LogP contribution in [0.15, 0.2) is 48.5 Å². The third-order valence-corrected chi connectivity index (χ3v) is 2.92. The van der Waals surface area contributed by atoms with Crippen LogP contribution < -0.4 is 0 Å². The van der Waals surface area contributed by atoms with Crippen molar-refractivity contribution >= 4 is 11.8 Å². The highest BCUT2D eigenvalue weighted by atomic mass is 16.5. The Morgan fingerprint density at radius 3 is 2.42 bits per heavy atom. The zero-order valence-corrected chi connectivity index (χ0v) is 11.1. The summed E-state index contributed by atoms with van der Waals surface area (Å²) in [6.45, 7) is 2.05. The molecule has 0 heterocycles. The number of hydrogen-bond acceptors (Lipinski definition) is 2. The molecule has 0 aliphatic heterocycles. The second-order valence-corrected chi connectivity index (χ2v) is 4.28. The molecule has 19 heavy (non-hydrogen) atoms. The van der Waals surface area contributed by atoms with E-state index in [4.69, 9.17) is 10.00 Å². The van der Waals surface area contributed by atoms with Crippen LogP contribution in [0.4, 0.5) is 0 Å². The summed E-state index contributed by atoms with van der Waals surface area (Å²) in [6.07, 6.45) is 1.89. The molecule has 0 aliphatic carbocycles. The van der Waals surface area contributed by atoms with Crippen LogP contribution in [0.3, 0.4) is 0 Å². The fourth-order valence-corrected chi connectivity index (χ4v) is 1.84. The zero-order chi connectivity index (χ0) is 13.7. The van der Waals surface area contributed by atoms with Crippen molar-refractivity contribution in [1.82, 2.24) is 0 Å². The number of nitriles is 1. The van der Waals surface area contributed by atoms with Crippen LogP contribution >= 0.6 is 0 Å². The molecule has 0 fully saturated rings. The fourth-order valence-electron chi connectivity index (χ4n) is 1.84. The Hall–Kier alpha value is -2.53. The standard InChI is InChI=1S/C17H15NO/c1-13-7-9-14(10-8-13)17(19-2)11-15-5-3-4-6-16(15)12-18/h3-11H,1-2H3/b17-11+. The molecule has 0 amide bonds. The third-order valence-electron chi connectivity index (χ3n) is 2.92. The van der Waals surface area contributed by atoms with Gasteiger partial charge < -0.3 is 4.74 Å². The molecule has 2 nitrogen and oxygen atoms in total. The van der Waals surface area contributed by atoms with Gasteiger partial charge in [-0.25, -0.2) is 0 Å². The fraction of sp³-hybridized carbons (Fsp3) is 0.118. The van der Waals surface area contributed by atoms with Gasteiger partial charge in [0.2, 0.25) is 0 Å². The normalized spacial score (nSPS) is 10.9. The van der Waals surface area contributed by atoms with Crippen LogP contribution in [-0.2, 0) is 4.74 Å². The van der Waals surface area contributed by atoms with Gasteiger partial charge in [-0.05, 0) is 24.6 Å². The van der Waals surface area contributed by atoms with Crippen LogP contribution in [0.1, 0.15) is 22.3 Å². The topological polar surface area (TPSA) is 33.0 Å². The maximum atomic E-state index is 9.09. The number of ether oxygens (including phenoxy) is 1. The minimum atomic E-state index is 0.643. The lowest BCUT2D eigenvalue weighted by Crippen LogP contribution is -1.89. The molecule has 0 atom stereocenters. The van der Waals surface area contributed by atoms with Crippen LogP contribution in [0.5, 0.6) is 0 Å². The largest absolute Gasteiger partial charge is 0.496 e. The smallest absolute Gasteiger partial charge is 0.126 e. The van der Waals surface area contributed by atoms with Gasteiger partial charge in [0, 0.05) is 5.56 Å². The van der Waals surface area contributed by atoms with E-state index >= 15 is 0 Å². The number of hydrogen-bond donors (Lipinski definition) is 0. The first-order valence-corrected chi connectivity index (χ1v) is 6.06. The molecule has 0 unspecified atom stereocenters. The van der Waals surface area contributed by atoms with Gasteiger partial charge in [0.15, 0.2) is 0 Å². The molecule has 0 bridgehead atoms.